The van der Waals surface area contributed by atoms with E-state index in [0.717, 1.165) is 6.61 Å². The lowest BCUT2D eigenvalue weighted by Gasteiger charge is -2.32. The van der Waals surface area contributed by atoms with E-state index in [1.807, 2.05) is 0 Å². The van der Waals surface area contributed by atoms with Crippen LogP contribution in [0.25, 0.3) is 0 Å². The number of halogens is 3. The average molecular weight is 475 g/mol. The van der Waals surface area contributed by atoms with Crippen molar-refractivity contribution in [2.75, 3.05) is 50.5 Å². The van der Waals surface area contributed by atoms with E-state index < -0.39 is 43.2 Å². The summed E-state index contributed by atoms with van der Waals surface area (Å²) in [7, 11) is 0. The number of hydrogen-bond acceptors (Lipinski definition) is 9. The van der Waals surface area contributed by atoms with Crippen LogP contribution in [0.15, 0.2) is 0 Å². The smallest absolute Gasteiger partial charge is 0.111 e. The molecule has 0 aliphatic carbocycles. The first-order valence-corrected chi connectivity index (χ1v) is 10.0. The van der Waals surface area contributed by atoms with Gasteiger partial charge in [-0.1, -0.05) is 7.43 Å². The summed E-state index contributed by atoms with van der Waals surface area (Å²) in [6.07, 6.45) is -7.97. The first kappa shape index (κ1) is 30.7. The molecule has 1 aliphatic rings. The number of rotatable bonds is 13. The molecule has 0 amide bonds. The summed E-state index contributed by atoms with van der Waals surface area (Å²) in [5, 5.41) is 66.2. The molecule has 172 valence electrons. The number of aliphatic hydroxyl groups is 7. The quantitative estimate of drug-likeness (QED) is 0.121. The minimum Gasteiger partial charge on any atom is -0.394 e. The van der Waals surface area contributed by atoms with Crippen LogP contribution in [0.1, 0.15) is 7.43 Å². The van der Waals surface area contributed by atoms with Crippen LogP contribution in [0.5, 0.6) is 0 Å². The molecule has 0 radical (unpaired) electrons. The Balaban J connectivity index is 0. The van der Waals surface area contributed by atoms with E-state index in [0.29, 0.717) is 12.0 Å². The third kappa shape index (κ3) is 13.7. The Morgan fingerprint density at radius 2 is 1.25 bits per heavy atom. The van der Waals surface area contributed by atoms with Crippen molar-refractivity contribution < 1.29 is 40.5 Å². The van der Waals surface area contributed by atoms with Crippen molar-refractivity contribution >= 4 is 34.8 Å². The van der Waals surface area contributed by atoms with Crippen molar-refractivity contribution in [3.63, 3.8) is 0 Å². The number of ether oxygens (including phenoxy) is 1. The number of epoxide rings is 1. The van der Waals surface area contributed by atoms with E-state index >= 15 is 0 Å². The minimum atomic E-state index is -1.74. The highest BCUT2D eigenvalue weighted by atomic mass is 35.5. The number of aliphatic hydroxyl groups excluding tert-OH is 7. The SMILES string of the molecule is C.ClCC1CO1.OCC(O)C(O)C(O)C(O)CN(CC(O)CCl)CC(O)CCl. The Kier molecular flexibility index (Phi) is 18.9. The summed E-state index contributed by atoms with van der Waals surface area (Å²) in [6.45, 7) is -0.0773. The largest absolute Gasteiger partial charge is 0.394 e. The molecule has 0 aromatic carbocycles. The van der Waals surface area contributed by atoms with Gasteiger partial charge in [0.2, 0.25) is 0 Å². The zero-order chi connectivity index (χ0) is 21.0. The standard InChI is InChI=1S/C12H25Cl2NO7.C3H5ClO.CH4/c13-1-7(17)3-15(4-8(18)2-14)5-9(19)11(21)12(22)10(20)6-16;4-1-3-2-5-3;/h7-12,16-22H,1-6H2;3H,1-2H2;1H4. The molecule has 0 bridgehead atoms. The Labute approximate surface area is 181 Å². The number of alkyl halides is 3. The fourth-order valence-corrected chi connectivity index (χ4v) is 2.38. The molecule has 1 heterocycles. The fourth-order valence-electron chi connectivity index (χ4n) is 2.01. The van der Waals surface area contributed by atoms with Crippen LogP contribution in [0, 0.1) is 0 Å². The molecular formula is C16H34Cl3NO8. The number of nitrogens with zero attached hydrogens (tertiary/aromatic N) is 1. The highest BCUT2D eigenvalue weighted by Crippen LogP contribution is 2.09. The number of hydrogen-bond donors (Lipinski definition) is 7. The van der Waals surface area contributed by atoms with Crippen molar-refractivity contribution in [1.82, 2.24) is 4.90 Å². The van der Waals surface area contributed by atoms with Crippen molar-refractivity contribution in [3.05, 3.63) is 0 Å². The van der Waals surface area contributed by atoms with E-state index in [2.05, 4.69) is 0 Å². The molecule has 7 unspecified atom stereocenters. The van der Waals surface area contributed by atoms with Crippen molar-refractivity contribution in [2.45, 2.75) is 50.2 Å². The molecule has 0 aromatic heterocycles. The summed E-state index contributed by atoms with van der Waals surface area (Å²) < 4.78 is 4.73. The molecular weight excluding hydrogens is 441 g/mol. The maximum absolute atomic E-state index is 9.90. The summed E-state index contributed by atoms with van der Waals surface area (Å²) in [5.74, 6) is 0.552. The third-order valence-electron chi connectivity index (χ3n) is 3.64. The first-order chi connectivity index (χ1) is 12.7. The molecule has 1 rings (SSSR count). The fraction of sp³-hybridized carbons (Fsp3) is 1.00. The monoisotopic (exact) mass is 473 g/mol. The summed E-state index contributed by atoms with van der Waals surface area (Å²) in [4.78, 5) is 1.42. The highest BCUT2D eigenvalue weighted by molar-refractivity contribution is 6.18. The second-order valence-electron chi connectivity index (χ2n) is 6.24. The van der Waals surface area contributed by atoms with Gasteiger partial charge in [-0.05, 0) is 0 Å². The van der Waals surface area contributed by atoms with Gasteiger partial charge in [0, 0.05) is 31.4 Å². The lowest BCUT2D eigenvalue weighted by molar-refractivity contribution is -0.121. The Morgan fingerprint density at radius 1 is 0.821 bits per heavy atom. The summed E-state index contributed by atoms with van der Waals surface area (Å²) >= 11 is 16.3. The van der Waals surface area contributed by atoms with Crippen LogP contribution in [0.4, 0.5) is 0 Å². The van der Waals surface area contributed by atoms with Crippen LogP contribution in [-0.4, -0.2) is 134 Å². The van der Waals surface area contributed by atoms with Gasteiger partial charge in [0.05, 0.1) is 43.5 Å². The lowest BCUT2D eigenvalue weighted by Crippen LogP contribution is -2.51. The van der Waals surface area contributed by atoms with E-state index in [-0.39, 0.29) is 38.8 Å². The van der Waals surface area contributed by atoms with Gasteiger partial charge in [-0.3, -0.25) is 4.90 Å². The van der Waals surface area contributed by atoms with Crippen LogP contribution >= 0.6 is 34.8 Å². The van der Waals surface area contributed by atoms with E-state index in [1.165, 1.54) is 4.90 Å². The minimum absolute atomic E-state index is 0. The molecule has 1 saturated heterocycles. The molecule has 1 aliphatic heterocycles. The van der Waals surface area contributed by atoms with Gasteiger partial charge in [-0.25, -0.2) is 0 Å². The molecule has 7 N–H and O–H groups in total. The van der Waals surface area contributed by atoms with Crippen molar-refractivity contribution in [1.29, 1.82) is 0 Å². The van der Waals surface area contributed by atoms with E-state index in [1.54, 1.807) is 0 Å². The van der Waals surface area contributed by atoms with Crippen LogP contribution < -0.4 is 0 Å². The van der Waals surface area contributed by atoms with Crippen LogP contribution in [-0.2, 0) is 4.74 Å². The predicted molar refractivity (Wildman–Crippen MR) is 108 cm³/mol. The molecule has 12 heteroatoms. The second-order valence-corrected chi connectivity index (χ2v) is 7.17. The van der Waals surface area contributed by atoms with Gasteiger partial charge in [0.1, 0.15) is 18.3 Å². The zero-order valence-corrected chi connectivity index (χ0v) is 17.1. The zero-order valence-electron chi connectivity index (χ0n) is 14.8. The molecule has 0 saturated carbocycles. The van der Waals surface area contributed by atoms with Gasteiger partial charge in [0.15, 0.2) is 0 Å². The Morgan fingerprint density at radius 3 is 1.54 bits per heavy atom. The van der Waals surface area contributed by atoms with Crippen molar-refractivity contribution in [2.24, 2.45) is 0 Å². The third-order valence-corrected chi connectivity index (χ3v) is 4.70. The van der Waals surface area contributed by atoms with Crippen LogP contribution in [0.2, 0.25) is 0 Å². The first-order valence-electron chi connectivity index (χ1n) is 8.41. The highest BCUT2D eigenvalue weighted by Gasteiger charge is 2.31. The molecule has 0 aromatic rings. The maximum atomic E-state index is 9.90. The molecule has 28 heavy (non-hydrogen) atoms. The average Bonchev–Trinajstić information content (AvgIpc) is 3.50. The van der Waals surface area contributed by atoms with Gasteiger partial charge >= 0.3 is 0 Å². The normalized spacial score (nSPS) is 22.2. The molecule has 9 nitrogen and oxygen atoms in total. The predicted octanol–water partition coefficient (Wildman–Crippen LogP) is -1.82. The van der Waals surface area contributed by atoms with Crippen molar-refractivity contribution in [3.8, 4) is 0 Å². The van der Waals surface area contributed by atoms with Gasteiger partial charge < -0.3 is 40.5 Å². The second kappa shape index (κ2) is 17.2. The van der Waals surface area contributed by atoms with Gasteiger partial charge in [-0.2, -0.15) is 0 Å². The van der Waals surface area contributed by atoms with E-state index in [9.17, 15) is 30.6 Å². The van der Waals surface area contributed by atoms with E-state index in [4.69, 9.17) is 44.6 Å². The molecule has 1 fully saturated rings. The van der Waals surface area contributed by atoms with Gasteiger partial charge in [-0.15, -0.1) is 34.8 Å². The Bertz CT molecular complexity index is 359. The summed E-state index contributed by atoms with van der Waals surface area (Å²) in [6, 6.07) is 0. The topological polar surface area (TPSA) is 157 Å². The van der Waals surface area contributed by atoms with Gasteiger partial charge in [0.25, 0.3) is 0 Å². The molecule has 7 atom stereocenters. The molecule has 0 spiro atoms. The van der Waals surface area contributed by atoms with Crippen LogP contribution in [0.3, 0.4) is 0 Å². The summed E-state index contributed by atoms with van der Waals surface area (Å²) in [5.41, 5.74) is 0. The maximum Gasteiger partial charge on any atom is 0.111 e. The Hall–Kier alpha value is 0.510. The lowest BCUT2D eigenvalue weighted by atomic mass is 10.0.